The second-order valence-electron chi connectivity index (χ2n) is 1.60. The summed E-state index contributed by atoms with van der Waals surface area (Å²) in [7, 11) is -4.00. The van der Waals surface area contributed by atoms with Gasteiger partial charge in [-0.05, 0) is 0 Å². The highest BCUT2D eigenvalue weighted by atomic mass is 32.2. The molecule has 0 atom stereocenters. The van der Waals surface area contributed by atoms with Gasteiger partial charge in [0.25, 0.3) is 0 Å². The maximum Gasteiger partial charge on any atom is 0.362 e. The molecule has 0 saturated carbocycles. The molecular weight excluding hydrogens is 170 g/mol. The summed E-state index contributed by atoms with van der Waals surface area (Å²) in [4.78, 5) is 0. The molecule has 0 unspecified atom stereocenters. The Morgan fingerprint density at radius 3 is 2.73 bits per heavy atom. The van der Waals surface area contributed by atoms with Crippen LogP contribution in [-0.2, 0) is 10.2 Å². The molecule has 58 valence electrons. The van der Waals surface area contributed by atoms with Gasteiger partial charge in [-0.15, -0.1) is 0 Å². The van der Waals surface area contributed by atoms with Gasteiger partial charge < -0.3 is 10.5 Å². The molecule has 1 heterocycles. The number of hydrogen-bond acceptors (Lipinski definition) is 3. The Hall–Kier alpha value is -1.46. The highest BCUT2D eigenvalue weighted by Crippen LogP contribution is 2.02. The van der Waals surface area contributed by atoms with Gasteiger partial charge in [0.1, 0.15) is 0 Å². The molecule has 6 nitrogen and oxygen atoms in total. The molecule has 0 N–H and O–H groups in total. The highest BCUT2D eigenvalue weighted by Gasteiger charge is 2.08. The van der Waals surface area contributed by atoms with E-state index >= 15 is 0 Å². The number of rotatable bonds is 0. The van der Waals surface area contributed by atoms with Crippen molar-refractivity contribution in [2.45, 2.75) is 0 Å². The largest absolute Gasteiger partial charge is 0.857 e. The molecule has 0 aromatic rings. The Morgan fingerprint density at radius 2 is 2.27 bits per heavy atom. The van der Waals surface area contributed by atoms with Gasteiger partial charge in [-0.25, -0.2) is 0 Å². The van der Waals surface area contributed by atoms with E-state index in [4.69, 9.17) is 5.41 Å². The van der Waals surface area contributed by atoms with E-state index in [1.54, 1.807) is 0 Å². The monoisotopic (exact) mass is 171 g/mol. The summed E-state index contributed by atoms with van der Waals surface area (Å²) in [6.07, 6.45) is 0.685. The quantitative estimate of drug-likeness (QED) is 0.403. The Kier molecular flexibility index (Phi) is 1.60. The van der Waals surface area contributed by atoms with Crippen molar-refractivity contribution < 1.29 is 13.5 Å². The summed E-state index contributed by atoms with van der Waals surface area (Å²) in [6.45, 7) is 0. The first-order valence-corrected chi connectivity index (χ1v) is 3.79. The van der Waals surface area contributed by atoms with Gasteiger partial charge in [0.15, 0.2) is 0 Å². The van der Waals surface area contributed by atoms with Crippen LogP contribution in [0.15, 0.2) is 14.4 Å². The molecule has 11 heavy (non-hydrogen) atoms. The number of hydrogen-bond donors (Lipinski definition) is 0. The Balaban J connectivity index is 3.29. The second kappa shape index (κ2) is 2.30. The van der Waals surface area contributed by atoms with Gasteiger partial charge in [0.2, 0.25) is 0 Å². The molecule has 0 fully saturated rings. The zero-order valence-corrected chi connectivity index (χ0v) is 5.87. The summed E-state index contributed by atoms with van der Waals surface area (Å²) < 4.78 is 26.3. The molecule has 0 amide bonds. The van der Waals surface area contributed by atoms with E-state index in [1.807, 2.05) is 0 Å². The summed E-state index contributed by atoms with van der Waals surface area (Å²) in [5, 5.41) is 18.7. The third-order valence-electron chi connectivity index (χ3n) is 0.864. The van der Waals surface area contributed by atoms with Gasteiger partial charge in [-0.2, -0.15) is 17.2 Å². The van der Waals surface area contributed by atoms with E-state index in [1.165, 1.54) is 5.87 Å². The molecule has 1 aliphatic rings. The first-order valence-electron chi connectivity index (χ1n) is 2.40. The van der Waals surface area contributed by atoms with Crippen molar-refractivity contribution in [3.8, 4) is 0 Å². The van der Waals surface area contributed by atoms with Crippen LogP contribution in [0.1, 0.15) is 0 Å². The van der Waals surface area contributed by atoms with E-state index in [0.29, 0.717) is 6.21 Å². The molecular formula is C4HN3O3S-2. The van der Waals surface area contributed by atoms with Crippen LogP contribution in [0.25, 0.3) is 5.41 Å². The standard InChI is InChI=1S/C4H2N3O3S/c5-1-3-2-6-11(9,10)7-4(3)8/h2H,(H,7,8)/q-1/p-1. The zero-order chi connectivity index (χ0) is 8.48. The molecule has 7 heteroatoms. The fourth-order valence-corrected chi connectivity index (χ4v) is 1.02. The molecule has 0 saturated heterocycles. The third kappa shape index (κ3) is 1.51. The predicted octanol–water partition coefficient (Wildman–Crippen LogP) is -1.76. The lowest BCUT2D eigenvalue weighted by Crippen LogP contribution is -2.25. The summed E-state index contributed by atoms with van der Waals surface area (Å²) in [5.41, 5.74) is -0.375. The van der Waals surface area contributed by atoms with Gasteiger partial charge in [0.05, 0.1) is 6.21 Å². The molecule has 0 spiro atoms. The molecule has 0 aromatic carbocycles. The van der Waals surface area contributed by atoms with Crippen LogP contribution in [0.4, 0.5) is 0 Å². The lowest BCUT2D eigenvalue weighted by molar-refractivity contribution is -0.211. The molecule has 1 rings (SSSR count). The minimum absolute atomic E-state index is 0.375. The van der Waals surface area contributed by atoms with E-state index in [0.717, 1.165) is 0 Å². The van der Waals surface area contributed by atoms with Crippen molar-refractivity contribution in [2.24, 2.45) is 8.80 Å². The van der Waals surface area contributed by atoms with E-state index in [2.05, 4.69) is 8.80 Å². The van der Waals surface area contributed by atoms with Crippen molar-refractivity contribution in [3.05, 3.63) is 11.0 Å². The maximum absolute atomic E-state index is 10.5. The van der Waals surface area contributed by atoms with Gasteiger partial charge in [-0.3, -0.25) is 5.87 Å². The third-order valence-corrected chi connectivity index (χ3v) is 1.63. The van der Waals surface area contributed by atoms with Crippen LogP contribution in [0.2, 0.25) is 0 Å². The molecule has 0 radical (unpaired) electrons. The van der Waals surface area contributed by atoms with Crippen molar-refractivity contribution in [3.63, 3.8) is 0 Å². The first-order chi connectivity index (χ1) is 5.05. The predicted molar refractivity (Wildman–Crippen MR) is 36.7 cm³/mol. The molecule has 0 aromatic heterocycles. The lowest BCUT2D eigenvalue weighted by Gasteiger charge is -2.11. The molecule has 0 bridgehead atoms. The van der Waals surface area contributed by atoms with E-state index in [9.17, 15) is 13.5 Å². The Bertz CT molecular complexity index is 385. The normalized spacial score (nSPS) is 20.7. The minimum atomic E-state index is -4.00. The van der Waals surface area contributed by atoms with Crippen LogP contribution in [0.3, 0.4) is 0 Å². The molecule has 1 aliphatic heterocycles. The lowest BCUT2D eigenvalue weighted by atomic mass is 10.3. The zero-order valence-electron chi connectivity index (χ0n) is 5.05. The van der Waals surface area contributed by atoms with Crippen molar-refractivity contribution in [1.82, 2.24) is 0 Å². The summed E-state index contributed by atoms with van der Waals surface area (Å²) in [6, 6.07) is 0. The smallest absolute Gasteiger partial charge is 0.362 e. The Labute approximate surface area is 62.3 Å². The van der Waals surface area contributed by atoms with Crippen LogP contribution < -0.4 is 5.11 Å². The van der Waals surface area contributed by atoms with Crippen molar-refractivity contribution in [2.75, 3.05) is 0 Å². The summed E-state index contributed by atoms with van der Waals surface area (Å²) >= 11 is 0. The van der Waals surface area contributed by atoms with E-state index in [-0.39, 0.29) is 5.57 Å². The fraction of sp³-hybridized carbons (Fsp3) is 0. The van der Waals surface area contributed by atoms with Crippen molar-refractivity contribution in [1.29, 1.82) is 0 Å². The second-order valence-corrected chi connectivity index (χ2v) is 2.89. The van der Waals surface area contributed by atoms with Gasteiger partial charge >= 0.3 is 10.2 Å². The van der Waals surface area contributed by atoms with E-state index < -0.39 is 16.1 Å². The van der Waals surface area contributed by atoms with Crippen LogP contribution in [0, 0.1) is 0 Å². The average molecular weight is 171 g/mol. The Morgan fingerprint density at radius 1 is 1.64 bits per heavy atom. The van der Waals surface area contributed by atoms with Gasteiger partial charge in [-0.1, -0.05) is 0 Å². The maximum atomic E-state index is 10.5. The first kappa shape index (κ1) is 7.64. The van der Waals surface area contributed by atoms with Crippen LogP contribution in [0.5, 0.6) is 0 Å². The van der Waals surface area contributed by atoms with Gasteiger partial charge in [0, 0.05) is 11.5 Å². The summed E-state index contributed by atoms with van der Waals surface area (Å²) in [5.74, 6) is 0.384. The average Bonchev–Trinajstić information content (AvgIpc) is 1.86. The topological polar surface area (TPSA) is 104 Å². The van der Waals surface area contributed by atoms with Crippen LogP contribution >= 0.6 is 0 Å². The SMILES string of the molecule is [N-]=C=C1C=NS(=O)(=O)N=C1[O-]. The number of nitrogens with zero attached hydrogens (tertiary/aromatic N) is 3. The molecule has 0 aliphatic carbocycles. The minimum Gasteiger partial charge on any atom is -0.857 e. The van der Waals surface area contributed by atoms with Crippen LogP contribution in [-0.4, -0.2) is 26.4 Å². The highest BCUT2D eigenvalue weighted by molar-refractivity contribution is 7.89. The van der Waals surface area contributed by atoms with Crippen molar-refractivity contribution >= 4 is 28.2 Å². The fourth-order valence-electron chi connectivity index (χ4n) is 0.429.